The van der Waals surface area contributed by atoms with Gasteiger partial charge in [-0.25, -0.2) is 0 Å². The van der Waals surface area contributed by atoms with Gasteiger partial charge in [0.1, 0.15) is 7.28 Å². The van der Waals surface area contributed by atoms with Gasteiger partial charge in [-0.05, 0) is 12.8 Å². The van der Waals surface area contributed by atoms with Crippen molar-refractivity contribution in [3.63, 3.8) is 0 Å². The number of rotatable bonds is 10. The van der Waals surface area contributed by atoms with Crippen LogP contribution in [0.25, 0.3) is 0 Å². The molecule has 2 nitrogen and oxygen atoms in total. The van der Waals surface area contributed by atoms with Crippen LogP contribution in [-0.4, -0.2) is 31.2 Å². The predicted molar refractivity (Wildman–Crippen MR) is 93.0 cm³/mol. The van der Waals surface area contributed by atoms with Crippen molar-refractivity contribution in [1.29, 1.82) is 0 Å². The summed E-state index contributed by atoms with van der Waals surface area (Å²) in [5, 5.41) is 0. The molecule has 21 heavy (non-hydrogen) atoms. The molecule has 1 aliphatic rings. The highest BCUT2D eigenvalue weighted by Gasteiger charge is 2.35. The van der Waals surface area contributed by atoms with Crippen molar-refractivity contribution in [3.8, 4) is 0 Å². The summed E-state index contributed by atoms with van der Waals surface area (Å²) in [5.41, 5.74) is -0.112. The number of nitrogens with zero attached hydrogens (tertiary/aromatic N) is 1. The van der Waals surface area contributed by atoms with E-state index in [0.29, 0.717) is 5.91 Å². The lowest BCUT2D eigenvalue weighted by Gasteiger charge is -2.36. The summed E-state index contributed by atoms with van der Waals surface area (Å²) in [6.07, 6.45) is 13.1. The van der Waals surface area contributed by atoms with Crippen molar-refractivity contribution in [2.24, 2.45) is 5.41 Å². The molecule has 1 saturated heterocycles. The summed E-state index contributed by atoms with van der Waals surface area (Å²) in [6, 6.07) is 0. The molecule has 1 atom stereocenters. The zero-order chi connectivity index (χ0) is 15.6. The molecule has 3 heteroatoms. The van der Waals surface area contributed by atoms with E-state index >= 15 is 0 Å². The van der Waals surface area contributed by atoms with Gasteiger partial charge in [0.15, 0.2) is 0 Å². The molecule has 1 heterocycles. The molecule has 1 unspecified atom stereocenters. The minimum atomic E-state index is -0.112. The van der Waals surface area contributed by atoms with Crippen LogP contribution in [0.5, 0.6) is 0 Å². The third-order valence-corrected chi connectivity index (χ3v) is 4.92. The molecule has 0 N–H and O–H groups in total. The van der Waals surface area contributed by atoms with E-state index in [4.69, 9.17) is 0 Å². The zero-order valence-corrected chi connectivity index (χ0v) is 14.6. The van der Waals surface area contributed by atoms with Crippen LogP contribution in [0.1, 0.15) is 78.6 Å². The standard InChI is InChI=1S/C18H35BNO/c1-4-6-8-9-10-12-18(3,11-7-5-2)17(21)20-15-13-19-14-16-20/h4-16H2,1-3H3. The van der Waals surface area contributed by atoms with E-state index in [0.717, 1.165) is 38.6 Å². The minimum absolute atomic E-state index is 0.112. The maximum absolute atomic E-state index is 13.0. The quantitative estimate of drug-likeness (QED) is 0.413. The molecule has 1 amide bonds. The number of hydrogen-bond acceptors (Lipinski definition) is 1. The molecule has 0 aromatic rings. The molecule has 0 bridgehead atoms. The van der Waals surface area contributed by atoms with Crippen LogP contribution in [-0.2, 0) is 4.79 Å². The molecule has 0 spiro atoms. The molecule has 1 aliphatic heterocycles. The Hall–Kier alpha value is -0.465. The first kappa shape index (κ1) is 18.6. The lowest BCUT2D eigenvalue weighted by Crippen LogP contribution is -2.45. The third kappa shape index (κ3) is 6.44. The fourth-order valence-electron chi connectivity index (χ4n) is 3.36. The average Bonchev–Trinajstić information content (AvgIpc) is 2.53. The van der Waals surface area contributed by atoms with Crippen molar-refractivity contribution < 1.29 is 4.79 Å². The lowest BCUT2D eigenvalue weighted by atomic mass is 9.68. The van der Waals surface area contributed by atoms with Gasteiger partial charge in [-0.1, -0.05) is 78.4 Å². The van der Waals surface area contributed by atoms with Gasteiger partial charge >= 0.3 is 0 Å². The Morgan fingerprint density at radius 3 is 2.14 bits per heavy atom. The maximum Gasteiger partial charge on any atom is 0.228 e. The summed E-state index contributed by atoms with van der Waals surface area (Å²) < 4.78 is 0. The van der Waals surface area contributed by atoms with Crippen LogP contribution in [0.15, 0.2) is 0 Å². The van der Waals surface area contributed by atoms with Crippen molar-refractivity contribution in [2.75, 3.05) is 13.1 Å². The normalized spacial score (nSPS) is 18.1. The maximum atomic E-state index is 13.0. The lowest BCUT2D eigenvalue weighted by molar-refractivity contribution is -0.142. The van der Waals surface area contributed by atoms with Crippen LogP contribution in [0.4, 0.5) is 0 Å². The van der Waals surface area contributed by atoms with Crippen LogP contribution < -0.4 is 0 Å². The SMILES string of the molecule is CCCCCCCC(C)(CCCC)C(=O)N1CC[B]CC1. The average molecular weight is 292 g/mol. The van der Waals surface area contributed by atoms with E-state index < -0.39 is 0 Å². The van der Waals surface area contributed by atoms with E-state index in [1.54, 1.807) is 0 Å². The van der Waals surface area contributed by atoms with Gasteiger partial charge in [0, 0.05) is 18.5 Å². The summed E-state index contributed by atoms with van der Waals surface area (Å²) in [4.78, 5) is 15.1. The molecule has 1 rings (SSSR count). The van der Waals surface area contributed by atoms with Crippen molar-refractivity contribution in [3.05, 3.63) is 0 Å². The number of hydrogen-bond donors (Lipinski definition) is 0. The monoisotopic (exact) mass is 292 g/mol. The molecule has 0 aliphatic carbocycles. The summed E-state index contributed by atoms with van der Waals surface area (Å²) in [6.45, 7) is 8.58. The third-order valence-electron chi connectivity index (χ3n) is 4.92. The van der Waals surface area contributed by atoms with Gasteiger partial charge in [-0.2, -0.15) is 0 Å². The fraction of sp³-hybridized carbons (Fsp3) is 0.944. The Labute approximate surface area is 133 Å². The second-order valence-electron chi connectivity index (χ2n) is 6.99. The predicted octanol–water partition coefficient (Wildman–Crippen LogP) is 4.93. The van der Waals surface area contributed by atoms with E-state index in [1.165, 1.54) is 44.9 Å². The molecule has 0 aromatic carbocycles. The smallest absolute Gasteiger partial charge is 0.228 e. The molecule has 1 fully saturated rings. The highest BCUT2D eigenvalue weighted by Crippen LogP contribution is 2.34. The van der Waals surface area contributed by atoms with Gasteiger partial charge < -0.3 is 4.90 Å². The fourth-order valence-corrected chi connectivity index (χ4v) is 3.36. The Kier molecular flexibility index (Phi) is 9.11. The Morgan fingerprint density at radius 2 is 1.52 bits per heavy atom. The van der Waals surface area contributed by atoms with Crippen LogP contribution >= 0.6 is 0 Å². The zero-order valence-electron chi connectivity index (χ0n) is 14.6. The van der Waals surface area contributed by atoms with Crippen LogP contribution in [0.3, 0.4) is 0 Å². The second kappa shape index (κ2) is 10.3. The van der Waals surface area contributed by atoms with Gasteiger partial charge in [0.05, 0.1) is 0 Å². The van der Waals surface area contributed by atoms with Crippen LogP contribution in [0.2, 0.25) is 12.6 Å². The molecule has 1 radical (unpaired) electrons. The molecule has 0 saturated carbocycles. The van der Waals surface area contributed by atoms with Gasteiger partial charge in [0.2, 0.25) is 5.91 Å². The first-order valence-electron chi connectivity index (χ1n) is 9.25. The largest absolute Gasteiger partial charge is 0.344 e. The van der Waals surface area contributed by atoms with E-state index in [1.807, 2.05) is 0 Å². The van der Waals surface area contributed by atoms with E-state index in [9.17, 15) is 4.79 Å². The second-order valence-corrected chi connectivity index (χ2v) is 6.99. The number of carbonyl (C=O) groups is 1. The molecular formula is C18H35BNO. The van der Waals surface area contributed by atoms with Crippen molar-refractivity contribution in [1.82, 2.24) is 4.90 Å². The number of unbranched alkanes of at least 4 members (excludes halogenated alkanes) is 5. The van der Waals surface area contributed by atoms with E-state index in [-0.39, 0.29) is 5.41 Å². The molecular weight excluding hydrogens is 257 g/mol. The topological polar surface area (TPSA) is 20.3 Å². The van der Waals surface area contributed by atoms with Crippen LogP contribution in [0, 0.1) is 5.41 Å². The highest BCUT2D eigenvalue weighted by atomic mass is 16.2. The Bertz CT molecular complexity index is 289. The highest BCUT2D eigenvalue weighted by molar-refractivity contribution is 6.36. The van der Waals surface area contributed by atoms with Crippen molar-refractivity contribution in [2.45, 2.75) is 91.2 Å². The first-order chi connectivity index (χ1) is 10.1. The van der Waals surface area contributed by atoms with Gasteiger partial charge in [-0.15, -0.1) is 0 Å². The number of carbonyl (C=O) groups excluding carboxylic acids is 1. The van der Waals surface area contributed by atoms with Crippen molar-refractivity contribution >= 4 is 13.2 Å². The first-order valence-corrected chi connectivity index (χ1v) is 9.25. The minimum Gasteiger partial charge on any atom is -0.344 e. The summed E-state index contributed by atoms with van der Waals surface area (Å²) in [5.74, 6) is 0.430. The van der Waals surface area contributed by atoms with Gasteiger partial charge in [0.25, 0.3) is 0 Å². The number of amides is 1. The molecule has 0 aromatic heterocycles. The Balaban J connectivity index is 2.51. The van der Waals surface area contributed by atoms with E-state index in [2.05, 4.69) is 33.0 Å². The Morgan fingerprint density at radius 1 is 0.952 bits per heavy atom. The molecule has 121 valence electrons. The summed E-state index contributed by atoms with van der Waals surface area (Å²) >= 11 is 0. The van der Waals surface area contributed by atoms with Gasteiger partial charge in [-0.3, -0.25) is 4.79 Å². The summed E-state index contributed by atoms with van der Waals surface area (Å²) in [7, 11) is 2.32.